The molecule has 8 nitrogen and oxygen atoms in total. The number of halogens is 5. The molecule has 13 heteroatoms. The van der Waals surface area contributed by atoms with Crippen LogP contribution in [-0.4, -0.2) is 22.0 Å². The maximum absolute atomic E-state index is 14.4. The van der Waals surface area contributed by atoms with E-state index >= 15 is 0 Å². The van der Waals surface area contributed by atoms with Gasteiger partial charge in [-0.1, -0.05) is 23.2 Å². The SMILES string of the molecule is O=C(Cn1c(Cl)cnc(NCC(F)(F)c2cccc[n+]2[O-])c1=O)NCc1cc(Cl)ccc1F. The van der Waals surface area contributed by atoms with Crippen molar-refractivity contribution in [1.82, 2.24) is 14.9 Å². The number of rotatable bonds is 8. The van der Waals surface area contributed by atoms with Gasteiger partial charge < -0.3 is 15.8 Å². The van der Waals surface area contributed by atoms with Crippen molar-refractivity contribution in [1.29, 1.82) is 0 Å². The van der Waals surface area contributed by atoms with Crippen molar-refractivity contribution in [3.63, 3.8) is 0 Å². The summed E-state index contributed by atoms with van der Waals surface area (Å²) in [7, 11) is 0. The Bertz CT molecular complexity index is 1240. The van der Waals surface area contributed by atoms with E-state index in [9.17, 15) is 28.0 Å². The van der Waals surface area contributed by atoms with Crippen molar-refractivity contribution in [3.8, 4) is 0 Å². The van der Waals surface area contributed by atoms with Crippen LogP contribution in [0.5, 0.6) is 0 Å². The number of benzene rings is 1. The number of carbonyl (C=O) groups is 1. The molecule has 0 saturated carbocycles. The Hall–Kier alpha value is -3.31. The second-order valence-electron chi connectivity index (χ2n) is 6.80. The highest BCUT2D eigenvalue weighted by Gasteiger charge is 2.39. The summed E-state index contributed by atoms with van der Waals surface area (Å²) in [5, 5.41) is 16.3. The van der Waals surface area contributed by atoms with Gasteiger partial charge in [-0.3, -0.25) is 14.2 Å². The Balaban J connectivity index is 1.70. The van der Waals surface area contributed by atoms with Crippen LogP contribution in [0, 0.1) is 11.0 Å². The molecule has 3 aromatic rings. The first-order chi connectivity index (χ1) is 15.6. The van der Waals surface area contributed by atoms with Gasteiger partial charge in [0.1, 0.15) is 17.5 Å². The number of anilines is 1. The van der Waals surface area contributed by atoms with Crippen molar-refractivity contribution >= 4 is 34.9 Å². The summed E-state index contributed by atoms with van der Waals surface area (Å²) in [5.74, 6) is -5.40. The smallest absolute Gasteiger partial charge is 0.347 e. The van der Waals surface area contributed by atoms with Crippen LogP contribution in [0.25, 0.3) is 0 Å². The molecule has 0 bridgehead atoms. The lowest BCUT2D eigenvalue weighted by Gasteiger charge is -2.17. The van der Waals surface area contributed by atoms with Gasteiger partial charge in [0.2, 0.25) is 5.91 Å². The van der Waals surface area contributed by atoms with Gasteiger partial charge in [-0.15, -0.1) is 0 Å². The topological polar surface area (TPSA) is 103 Å². The van der Waals surface area contributed by atoms with E-state index in [1.54, 1.807) is 0 Å². The molecular formula is C20H16Cl2F3N5O3. The van der Waals surface area contributed by atoms with Crippen molar-refractivity contribution in [2.24, 2.45) is 0 Å². The summed E-state index contributed by atoms with van der Waals surface area (Å²) in [6.07, 6.45) is 1.92. The lowest BCUT2D eigenvalue weighted by molar-refractivity contribution is -0.624. The number of nitrogens with zero attached hydrogens (tertiary/aromatic N) is 3. The molecule has 0 spiro atoms. The van der Waals surface area contributed by atoms with Gasteiger partial charge >= 0.3 is 5.92 Å². The maximum Gasteiger partial charge on any atom is 0.347 e. The Morgan fingerprint density at radius 3 is 2.73 bits per heavy atom. The lowest BCUT2D eigenvalue weighted by Crippen LogP contribution is -2.41. The second-order valence-corrected chi connectivity index (χ2v) is 7.63. The normalized spacial score (nSPS) is 11.3. The third kappa shape index (κ3) is 5.93. The number of alkyl halides is 2. The van der Waals surface area contributed by atoms with E-state index in [4.69, 9.17) is 23.2 Å². The van der Waals surface area contributed by atoms with E-state index in [1.165, 1.54) is 24.3 Å². The first kappa shape index (κ1) is 24.3. The van der Waals surface area contributed by atoms with Crippen LogP contribution in [0.3, 0.4) is 0 Å². The van der Waals surface area contributed by atoms with Gasteiger partial charge in [-0.05, 0) is 24.3 Å². The van der Waals surface area contributed by atoms with Gasteiger partial charge in [0.05, 0.1) is 12.7 Å². The van der Waals surface area contributed by atoms with Crippen LogP contribution in [0.2, 0.25) is 10.2 Å². The highest BCUT2D eigenvalue weighted by molar-refractivity contribution is 6.30. The summed E-state index contributed by atoms with van der Waals surface area (Å²) in [6.45, 7) is -1.89. The van der Waals surface area contributed by atoms with Crippen molar-refractivity contribution in [3.05, 3.63) is 91.6 Å². The van der Waals surface area contributed by atoms with E-state index in [2.05, 4.69) is 15.6 Å². The van der Waals surface area contributed by atoms with E-state index in [0.29, 0.717) is 0 Å². The fourth-order valence-electron chi connectivity index (χ4n) is 2.81. The zero-order chi connectivity index (χ0) is 24.2. The molecule has 0 unspecified atom stereocenters. The third-order valence-electron chi connectivity index (χ3n) is 4.47. The van der Waals surface area contributed by atoms with Gasteiger partial charge in [0.25, 0.3) is 11.3 Å². The monoisotopic (exact) mass is 501 g/mol. The van der Waals surface area contributed by atoms with Crippen LogP contribution in [0.15, 0.2) is 53.6 Å². The van der Waals surface area contributed by atoms with Crippen molar-refractivity contribution in [2.45, 2.75) is 19.0 Å². The number of amides is 1. The lowest BCUT2D eigenvalue weighted by atomic mass is 10.2. The minimum atomic E-state index is -3.62. The van der Waals surface area contributed by atoms with E-state index in [0.717, 1.165) is 29.1 Å². The fourth-order valence-corrected chi connectivity index (χ4v) is 3.19. The molecular weight excluding hydrogens is 486 g/mol. The van der Waals surface area contributed by atoms with Gasteiger partial charge in [-0.25, -0.2) is 9.37 Å². The van der Waals surface area contributed by atoms with Crippen LogP contribution in [0.4, 0.5) is 19.0 Å². The predicted octanol–water partition coefficient (Wildman–Crippen LogP) is 2.84. The number of aromatic nitrogens is 3. The zero-order valence-corrected chi connectivity index (χ0v) is 18.2. The van der Waals surface area contributed by atoms with E-state index in [-0.39, 0.29) is 27.0 Å². The molecule has 174 valence electrons. The first-order valence-corrected chi connectivity index (χ1v) is 10.1. The third-order valence-corrected chi connectivity index (χ3v) is 5.00. The van der Waals surface area contributed by atoms with Crippen LogP contribution < -0.4 is 20.9 Å². The molecule has 0 aliphatic heterocycles. The van der Waals surface area contributed by atoms with Crippen LogP contribution in [-0.2, 0) is 23.8 Å². The minimum Gasteiger partial charge on any atom is -0.618 e. The highest BCUT2D eigenvalue weighted by atomic mass is 35.5. The number of hydrogen-bond donors (Lipinski definition) is 2. The first-order valence-electron chi connectivity index (χ1n) is 9.35. The molecule has 0 fully saturated rings. The molecule has 0 aliphatic carbocycles. The van der Waals surface area contributed by atoms with Gasteiger partial charge in [0.15, 0.2) is 12.0 Å². The van der Waals surface area contributed by atoms with Gasteiger partial charge in [-0.2, -0.15) is 13.5 Å². The van der Waals surface area contributed by atoms with Crippen molar-refractivity contribution < 1.29 is 22.7 Å². The van der Waals surface area contributed by atoms with Crippen LogP contribution in [0.1, 0.15) is 11.3 Å². The Morgan fingerprint density at radius 1 is 1.24 bits per heavy atom. The number of carbonyl (C=O) groups excluding carboxylic acids is 1. The fraction of sp³-hybridized carbons (Fsp3) is 0.200. The molecule has 3 rings (SSSR count). The largest absolute Gasteiger partial charge is 0.618 e. The zero-order valence-electron chi connectivity index (χ0n) is 16.7. The van der Waals surface area contributed by atoms with Crippen molar-refractivity contribution in [2.75, 3.05) is 11.9 Å². The second kappa shape index (κ2) is 10.1. The predicted molar refractivity (Wildman–Crippen MR) is 115 cm³/mol. The average molecular weight is 502 g/mol. The number of pyridine rings is 1. The summed E-state index contributed by atoms with van der Waals surface area (Å²) >= 11 is 11.7. The van der Waals surface area contributed by atoms with E-state index < -0.39 is 47.8 Å². The minimum absolute atomic E-state index is 0.0162. The molecule has 1 amide bonds. The molecule has 2 N–H and O–H groups in total. The van der Waals surface area contributed by atoms with Crippen LogP contribution >= 0.6 is 23.2 Å². The molecule has 0 atom stereocenters. The molecule has 0 saturated heterocycles. The molecule has 2 heterocycles. The molecule has 1 aromatic carbocycles. The summed E-state index contributed by atoms with van der Waals surface area (Å²) in [4.78, 5) is 28.5. The molecule has 2 aromatic heterocycles. The Labute approximate surface area is 195 Å². The number of hydrogen-bond acceptors (Lipinski definition) is 5. The Kier molecular flexibility index (Phi) is 7.44. The summed E-state index contributed by atoms with van der Waals surface area (Å²) < 4.78 is 43.4. The highest BCUT2D eigenvalue weighted by Crippen LogP contribution is 2.25. The quantitative estimate of drug-likeness (QED) is 0.365. The maximum atomic E-state index is 14.4. The molecule has 33 heavy (non-hydrogen) atoms. The van der Waals surface area contributed by atoms with Gasteiger partial charge in [0, 0.05) is 29.3 Å². The van der Waals surface area contributed by atoms with E-state index in [1.807, 2.05) is 0 Å². The summed E-state index contributed by atoms with van der Waals surface area (Å²) in [5.41, 5.74) is -1.63. The Morgan fingerprint density at radius 2 is 2.00 bits per heavy atom. The summed E-state index contributed by atoms with van der Waals surface area (Å²) in [6, 6.07) is 7.36. The standard InChI is InChI=1S/C20H16Cl2F3N5O3/c21-13-4-5-14(23)12(7-13)8-26-17(31)10-29-16(22)9-27-18(19(29)32)28-11-20(24,25)15-3-1-2-6-30(15)33/h1-7,9H,8,10-11H2,(H,26,31)(H,27,28). The number of nitrogens with one attached hydrogen (secondary N) is 2. The average Bonchev–Trinajstić information content (AvgIpc) is 2.77. The molecule has 0 aliphatic rings. The molecule has 0 radical (unpaired) electrons.